The summed E-state index contributed by atoms with van der Waals surface area (Å²) in [5, 5.41) is 8.98. The fraction of sp³-hybridized carbons (Fsp3) is 0.333. The van der Waals surface area contributed by atoms with Gasteiger partial charge in [-0.2, -0.15) is 0 Å². The molecule has 1 amide bonds. The van der Waals surface area contributed by atoms with E-state index in [0.717, 1.165) is 11.1 Å². The molecule has 3 aromatic rings. The summed E-state index contributed by atoms with van der Waals surface area (Å²) in [4.78, 5) is 40.3. The van der Waals surface area contributed by atoms with Gasteiger partial charge in [-0.15, -0.1) is 0 Å². The van der Waals surface area contributed by atoms with Crippen LogP contribution in [0.15, 0.2) is 42.7 Å². The van der Waals surface area contributed by atoms with Gasteiger partial charge in [0.05, 0.1) is 23.2 Å². The van der Waals surface area contributed by atoms with Crippen LogP contribution in [0.2, 0.25) is 0 Å². The molecule has 3 heterocycles. The van der Waals surface area contributed by atoms with Crippen molar-refractivity contribution in [3.05, 3.63) is 48.3 Å². The van der Waals surface area contributed by atoms with Crippen molar-refractivity contribution in [3.8, 4) is 11.4 Å². The zero-order valence-electron chi connectivity index (χ0n) is 16.5. The molecule has 2 N–H and O–H groups in total. The second-order valence-electron chi connectivity index (χ2n) is 7.08. The fourth-order valence-corrected chi connectivity index (χ4v) is 3.44. The van der Waals surface area contributed by atoms with Crippen LogP contribution in [-0.2, 0) is 9.53 Å². The molecule has 9 nitrogen and oxygen atoms in total. The number of benzene rings is 1. The lowest BCUT2D eigenvalue weighted by Gasteiger charge is -2.34. The normalized spacial score (nSPS) is 14.8. The van der Waals surface area contributed by atoms with Gasteiger partial charge < -0.3 is 19.7 Å². The summed E-state index contributed by atoms with van der Waals surface area (Å²) in [5.41, 5.74) is 2.63. The van der Waals surface area contributed by atoms with Crippen LogP contribution in [-0.4, -0.2) is 87.7 Å². The monoisotopic (exact) mass is 409 g/mol. The lowest BCUT2D eigenvalue weighted by atomic mass is 10.2. The van der Waals surface area contributed by atoms with Gasteiger partial charge in [0.15, 0.2) is 6.61 Å². The van der Waals surface area contributed by atoms with Gasteiger partial charge in [-0.1, -0.05) is 0 Å². The number of aliphatic hydroxyl groups excluding tert-OH is 1. The molecule has 1 saturated heterocycles. The summed E-state index contributed by atoms with van der Waals surface area (Å²) in [5.74, 6) is -0.102. The van der Waals surface area contributed by atoms with Gasteiger partial charge >= 0.3 is 5.97 Å². The van der Waals surface area contributed by atoms with Gasteiger partial charge in [-0.25, -0.2) is 9.78 Å². The van der Waals surface area contributed by atoms with Crippen LogP contribution in [0.5, 0.6) is 0 Å². The summed E-state index contributed by atoms with van der Waals surface area (Å²) in [6.45, 7) is 2.96. The van der Waals surface area contributed by atoms with E-state index in [0.29, 0.717) is 49.6 Å². The van der Waals surface area contributed by atoms with Crippen molar-refractivity contribution < 1.29 is 19.4 Å². The maximum atomic E-state index is 12.4. The third-order valence-electron chi connectivity index (χ3n) is 5.12. The highest BCUT2D eigenvalue weighted by Gasteiger charge is 2.22. The number of ether oxygens (including phenoxy) is 1. The number of H-pyrrole nitrogens is 1. The minimum atomic E-state index is -0.554. The topological polar surface area (TPSA) is 112 Å². The number of nitrogens with zero attached hydrogens (tertiary/aromatic N) is 4. The number of carbonyl (C=O) groups excluding carboxylic acids is 2. The average molecular weight is 409 g/mol. The number of carbonyl (C=O) groups is 2. The van der Waals surface area contributed by atoms with E-state index in [9.17, 15) is 9.59 Å². The number of fused-ring (bicyclic) bond motifs is 1. The number of rotatable bonds is 6. The van der Waals surface area contributed by atoms with E-state index in [-0.39, 0.29) is 19.1 Å². The summed E-state index contributed by atoms with van der Waals surface area (Å²) < 4.78 is 5.23. The van der Waals surface area contributed by atoms with E-state index in [4.69, 9.17) is 9.84 Å². The number of amides is 1. The molecule has 1 aliphatic rings. The summed E-state index contributed by atoms with van der Waals surface area (Å²) in [7, 11) is 0. The van der Waals surface area contributed by atoms with Crippen LogP contribution >= 0.6 is 0 Å². The number of aromatic amines is 1. The van der Waals surface area contributed by atoms with E-state index in [1.807, 2.05) is 12.1 Å². The largest absolute Gasteiger partial charge is 0.452 e. The number of pyridine rings is 1. The maximum absolute atomic E-state index is 12.4. The Morgan fingerprint density at radius 3 is 2.73 bits per heavy atom. The number of aromatic nitrogens is 3. The van der Waals surface area contributed by atoms with Crippen LogP contribution in [0.25, 0.3) is 22.4 Å². The number of hydrogen-bond acceptors (Lipinski definition) is 7. The van der Waals surface area contributed by atoms with Gasteiger partial charge in [0, 0.05) is 50.7 Å². The number of piperazine rings is 1. The standard InChI is InChI=1S/C21H23N5O4/c27-11-10-25-6-8-26(9-7-25)19(28)14-30-21(29)15-3-4-17-18(12-15)24-20(23-17)16-2-1-5-22-13-16/h1-5,12-13,27H,6-11,14H2,(H,23,24). The van der Waals surface area contributed by atoms with Crippen molar-refractivity contribution in [2.75, 3.05) is 45.9 Å². The van der Waals surface area contributed by atoms with Gasteiger partial charge in [-0.3, -0.25) is 14.7 Å². The van der Waals surface area contributed by atoms with Crippen molar-refractivity contribution in [2.24, 2.45) is 0 Å². The molecule has 4 rings (SSSR count). The number of imidazole rings is 1. The number of aliphatic hydroxyl groups is 1. The minimum absolute atomic E-state index is 0.107. The van der Waals surface area contributed by atoms with Crippen molar-refractivity contribution in [1.29, 1.82) is 0 Å². The first kappa shape index (κ1) is 20.0. The zero-order chi connectivity index (χ0) is 20.9. The maximum Gasteiger partial charge on any atom is 0.338 e. The van der Waals surface area contributed by atoms with Gasteiger partial charge in [0.2, 0.25) is 0 Å². The first-order valence-electron chi connectivity index (χ1n) is 9.82. The Hall–Kier alpha value is -3.30. The lowest BCUT2D eigenvalue weighted by Crippen LogP contribution is -2.50. The molecule has 0 atom stereocenters. The molecule has 1 aromatic carbocycles. The van der Waals surface area contributed by atoms with E-state index >= 15 is 0 Å². The summed E-state index contributed by atoms with van der Waals surface area (Å²) >= 11 is 0. The Bertz CT molecular complexity index is 1030. The molecule has 30 heavy (non-hydrogen) atoms. The molecular formula is C21H23N5O4. The smallest absolute Gasteiger partial charge is 0.338 e. The number of hydrogen-bond donors (Lipinski definition) is 2. The molecule has 1 aliphatic heterocycles. The molecular weight excluding hydrogens is 386 g/mol. The Morgan fingerprint density at radius 1 is 1.17 bits per heavy atom. The quantitative estimate of drug-likeness (QED) is 0.582. The summed E-state index contributed by atoms with van der Waals surface area (Å²) in [6, 6.07) is 8.77. The molecule has 0 spiro atoms. The first-order valence-corrected chi connectivity index (χ1v) is 9.82. The third kappa shape index (κ3) is 4.47. The van der Waals surface area contributed by atoms with Gasteiger partial charge in [-0.05, 0) is 30.3 Å². The second kappa shape index (κ2) is 9.02. The van der Waals surface area contributed by atoms with E-state index in [1.54, 1.807) is 35.5 Å². The van der Waals surface area contributed by atoms with Crippen molar-refractivity contribution in [2.45, 2.75) is 0 Å². The predicted octanol–water partition coefficient (Wildman–Crippen LogP) is 0.918. The Labute approximate surface area is 173 Å². The van der Waals surface area contributed by atoms with Crippen molar-refractivity contribution >= 4 is 22.9 Å². The van der Waals surface area contributed by atoms with Crippen molar-refractivity contribution in [1.82, 2.24) is 24.8 Å². The zero-order valence-corrected chi connectivity index (χ0v) is 16.5. The van der Waals surface area contributed by atoms with E-state index in [2.05, 4.69) is 19.9 Å². The number of esters is 1. The Balaban J connectivity index is 1.36. The third-order valence-corrected chi connectivity index (χ3v) is 5.12. The SMILES string of the molecule is O=C(OCC(=O)N1CCN(CCO)CC1)c1ccc2nc(-c3cccnc3)[nH]c2c1. The average Bonchev–Trinajstić information content (AvgIpc) is 3.22. The molecule has 0 bridgehead atoms. The van der Waals surface area contributed by atoms with Crippen LogP contribution in [0, 0.1) is 0 Å². The highest BCUT2D eigenvalue weighted by atomic mass is 16.5. The molecule has 156 valence electrons. The Kier molecular flexibility index (Phi) is 6.01. The molecule has 1 fully saturated rings. The molecule has 0 radical (unpaired) electrons. The van der Waals surface area contributed by atoms with E-state index in [1.165, 1.54) is 0 Å². The minimum Gasteiger partial charge on any atom is -0.452 e. The van der Waals surface area contributed by atoms with Crippen LogP contribution < -0.4 is 0 Å². The van der Waals surface area contributed by atoms with Gasteiger partial charge in [0.25, 0.3) is 5.91 Å². The highest BCUT2D eigenvalue weighted by molar-refractivity contribution is 5.95. The van der Waals surface area contributed by atoms with Crippen LogP contribution in [0.4, 0.5) is 0 Å². The fourth-order valence-electron chi connectivity index (χ4n) is 3.44. The molecule has 2 aromatic heterocycles. The first-order chi connectivity index (χ1) is 14.6. The summed E-state index contributed by atoms with van der Waals surface area (Å²) in [6.07, 6.45) is 3.40. The number of nitrogens with one attached hydrogen (secondary N) is 1. The molecule has 0 unspecified atom stereocenters. The predicted molar refractivity (Wildman–Crippen MR) is 110 cm³/mol. The number of β-amino-alcohol motifs (C(OH)–C–C–N with tert-alkyl or cyclic N) is 1. The molecule has 9 heteroatoms. The van der Waals surface area contributed by atoms with E-state index < -0.39 is 5.97 Å². The van der Waals surface area contributed by atoms with Crippen LogP contribution in [0.1, 0.15) is 10.4 Å². The van der Waals surface area contributed by atoms with Crippen molar-refractivity contribution in [3.63, 3.8) is 0 Å². The Morgan fingerprint density at radius 2 is 2.00 bits per heavy atom. The second-order valence-corrected chi connectivity index (χ2v) is 7.08. The highest BCUT2D eigenvalue weighted by Crippen LogP contribution is 2.21. The molecule has 0 aliphatic carbocycles. The van der Waals surface area contributed by atoms with Crippen LogP contribution in [0.3, 0.4) is 0 Å². The molecule has 0 saturated carbocycles. The lowest BCUT2D eigenvalue weighted by molar-refractivity contribution is -0.136. The van der Waals surface area contributed by atoms with Gasteiger partial charge in [0.1, 0.15) is 5.82 Å².